The molecule has 0 fully saturated rings. The van der Waals surface area contributed by atoms with Crippen LogP contribution < -0.4 is 16.0 Å². The van der Waals surface area contributed by atoms with Gasteiger partial charge in [0, 0.05) is 18.5 Å². The topological polar surface area (TPSA) is 74.8 Å². The number of hydrogen-bond donors (Lipinski definition) is 3. The Labute approximate surface area is 142 Å². The van der Waals surface area contributed by atoms with Crippen LogP contribution in [0, 0.1) is 0 Å². The zero-order valence-corrected chi connectivity index (χ0v) is 15.6. The molecule has 7 heteroatoms. The lowest BCUT2D eigenvalue weighted by molar-refractivity contribution is 0.0474. The van der Waals surface area contributed by atoms with Crippen molar-refractivity contribution in [3.8, 4) is 0 Å². The highest BCUT2D eigenvalue weighted by Crippen LogP contribution is 2.09. The lowest BCUT2D eigenvalue weighted by Gasteiger charge is -2.29. The molecule has 0 saturated heterocycles. The molecule has 6 nitrogen and oxygen atoms in total. The first-order valence-corrected chi connectivity index (χ1v) is 8.47. The van der Waals surface area contributed by atoms with Crippen LogP contribution in [-0.4, -0.2) is 36.8 Å². The first kappa shape index (κ1) is 19.3. The Morgan fingerprint density at radius 2 is 1.96 bits per heavy atom. The molecule has 0 spiro atoms. The highest BCUT2D eigenvalue weighted by atomic mass is 32.1. The van der Waals surface area contributed by atoms with E-state index in [1.165, 1.54) is 4.88 Å². The predicted octanol–water partition coefficient (Wildman–Crippen LogP) is 2.72. The number of guanidine groups is 1. The van der Waals surface area contributed by atoms with E-state index >= 15 is 0 Å². The smallest absolute Gasteiger partial charge is 0.408 e. The lowest BCUT2D eigenvalue weighted by Crippen LogP contribution is -2.54. The summed E-state index contributed by atoms with van der Waals surface area (Å²) in [4.78, 5) is 17.3. The van der Waals surface area contributed by atoms with Gasteiger partial charge in [0.15, 0.2) is 5.96 Å². The molecule has 0 atom stereocenters. The van der Waals surface area contributed by atoms with Gasteiger partial charge in [0.1, 0.15) is 5.60 Å². The molecule has 1 aromatic heterocycles. The van der Waals surface area contributed by atoms with Crippen LogP contribution in [0.1, 0.15) is 39.5 Å². The summed E-state index contributed by atoms with van der Waals surface area (Å²) in [6, 6.07) is 4.09. The summed E-state index contributed by atoms with van der Waals surface area (Å²) >= 11 is 1.69. The summed E-state index contributed by atoms with van der Waals surface area (Å²) in [6.45, 7) is 10.6. The second-order valence-corrected chi connectivity index (χ2v) is 7.90. The monoisotopic (exact) mass is 340 g/mol. The number of nitrogens with one attached hydrogen (secondary N) is 3. The third-order valence-corrected chi connectivity index (χ3v) is 3.65. The molecule has 0 radical (unpaired) electrons. The van der Waals surface area contributed by atoms with Crippen LogP contribution in [0.15, 0.2) is 22.5 Å². The summed E-state index contributed by atoms with van der Waals surface area (Å²) in [5.41, 5.74) is -0.977. The molecule has 0 aliphatic carbocycles. The van der Waals surface area contributed by atoms with Crippen LogP contribution >= 0.6 is 11.3 Å². The second-order valence-electron chi connectivity index (χ2n) is 6.87. The minimum absolute atomic E-state index is 0.425. The molecule has 1 aromatic rings. The zero-order chi connectivity index (χ0) is 17.5. The molecule has 0 unspecified atom stereocenters. The van der Waals surface area contributed by atoms with Gasteiger partial charge >= 0.3 is 6.09 Å². The molecule has 0 aliphatic heterocycles. The van der Waals surface area contributed by atoms with Crippen LogP contribution in [0.4, 0.5) is 4.79 Å². The van der Waals surface area contributed by atoms with E-state index in [-0.39, 0.29) is 0 Å². The fourth-order valence-electron chi connectivity index (χ4n) is 1.73. The van der Waals surface area contributed by atoms with Crippen LogP contribution in [0.25, 0.3) is 0 Å². The number of carbonyl (C=O) groups is 1. The van der Waals surface area contributed by atoms with E-state index in [1.54, 1.807) is 18.4 Å². The van der Waals surface area contributed by atoms with Gasteiger partial charge in [-0.1, -0.05) is 6.07 Å². The average Bonchev–Trinajstić information content (AvgIpc) is 2.88. The minimum atomic E-state index is -0.508. The summed E-state index contributed by atoms with van der Waals surface area (Å²) < 4.78 is 5.28. The first-order chi connectivity index (χ1) is 10.6. The van der Waals surface area contributed by atoms with Crippen molar-refractivity contribution in [1.29, 1.82) is 0 Å². The number of thiophene rings is 1. The zero-order valence-electron chi connectivity index (χ0n) is 14.8. The molecule has 3 N–H and O–H groups in total. The fraction of sp³-hybridized carbons (Fsp3) is 0.625. The van der Waals surface area contributed by atoms with Crippen molar-refractivity contribution in [1.82, 2.24) is 16.0 Å². The molecule has 0 bridgehead atoms. The number of alkyl carbamates (subject to hydrolysis) is 1. The van der Waals surface area contributed by atoms with Crippen LogP contribution in [0.5, 0.6) is 0 Å². The van der Waals surface area contributed by atoms with Gasteiger partial charge in [-0.3, -0.25) is 4.99 Å². The van der Waals surface area contributed by atoms with E-state index in [9.17, 15) is 4.79 Å². The van der Waals surface area contributed by atoms with Crippen molar-refractivity contribution in [2.75, 3.05) is 13.6 Å². The maximum Gasteiger partial charge on any atom is 0.408 e. The summed E-state index contributed by atoms with van der Waals surface area (Å²) in [7, 11) is 1.72. The Morgan fingerprint density at radius 1 is 1.26 bits per heavy atom. The van der Waals surface area contributed by atoms with Gasteiger partial charge in [-0.15, -0.1) is 11.3 Å². The van der Waals surface area contributed by atoms with E-state index in [1.807, 2.05) is 46.1 Å². The van der Waals surface area contributed by atoms with Gasteiger partial charge in [0.2, 0.25) is 0 Å². The van der Waals surface area contributed by atoms with E-state index < -0.39 is 17.2 Å². The van der Waals surface area contributed by atoms with E-state index in [2.05, 4.69) is 27.0 Å². The normalized spacial score (nSPS) is 12.7. The maximum atomic E-state index is 11.9. The number of ether oxygens (including phenoxy) is 1. The Balaban J connectivity index is 2.42. The van der Waals surface area contributed by atoms with Crippen molar-refractivity contribution >= 4 is 23.4 Å². The number of aliphatic imine (C=N–C) groups is 1. The summed E-state index contributed by atoms with van der Waals surface area (Å²) in [5.74, 6) is 0.692. The van der Waals surface area contributed by atoms with Gasteiger partial charge in [0.25, 0.3) is 0 Å². The van der Waals surface area contributed by atoms with Crippen LogP contribution in [-0.2, 0) is 11.3 Å². The summed E-state index contributed by atoms with van der Waals surface area (Å²) in [5, 5.41) is 11.4. The highest BCUT2D eigenvalue weighted by Gasteiger charge is 2.24. The number of amides is 1. The molecular weight excluding hydrogens is 312 g/mol. The Bertz CT molecular complexity index is 519. The maximum absolute atomic E-state index is 11.9. The summed E-state index contributed by atoms with van der Waals surface area (Å²) in [6.07, 6.45) is -0.425. The molecule has 130 valence electrons. The molecule has 0 aromatic carbocycles. The van der Waals surface area contributed by atoms with Crippen molar-refractivity contribution in [2.24, 2.45) is 4.99 Å². The standard InChI is InChI=1S/C16H28N4O2S/c1-15(2,3)22-14(21)20-16(4,5)11-19-13(17-6)18-10-12-8-7-9-23-12/h7-9H,10-11H2,1-6H3,(H,20,21)(H2,17,18,19). The van der Waals surface area contributed by atoms with E-state index in [0.29, 0.717) is 12.5 Å². The van der Waals surface area contributed by atoms with Crippen molar-refractivity contribution in [3.05, 3.63) is 22.4 Å². The minimum Gasteiger partial charge on any atom is -0.444 e. The average molecular weight is 340 g/mol. The quantitative estimate of drug-likeness (QED) is 0.569. The third-order valence-electron chi connectivity index (χ3n) is 2.77. The van der Waals surface area contributed by atoms with Gasteiger partial charge < -0.3 is 20.7 Å². The largest absolute Gasteiger partial charge is 0.444 e. The number of rotatable bonds is 5. The van der Waals surface area contributed by atoms with Crippen molar-refractivity contribution in [3.63, 3.8) is 0 Å². The third kappa shape index (κ3) is 8.44. The van der Waals surface area contributed by atoms with Gasteiger partial charge in [-0.25, -0.2) is 4.79 Å². The SMILES string of the molecule is CN=C(NCc1cccs1)NCC(C)(C)NC(=O)OC(C)(C)C. The molecule has 1 heterocycles. The number of nitrogens with zero attached hydrogens (tertiary/aromatic N) is 1. The molecule has 1 rings (SSSR count). The van der Waals surface area contributed by atoms with Gasteiger partial charge in [-0.2, -0.15) is 0 Å². The molecule has 0 aliphatic rings. The molecule has 23 heavy (non-hydrogen) atoms. The van der Waals surface area contributed by atoms with Crippen molar-refractivity contribution in [2.45, 2.75) is 52.3 Å². The van der Waals surface area contributed by atoms with Crippen LogP contribution in [0.3, 0.4) is 0 Å². The molecule has 0 saturated carbocycles. The van der Waals surface area contributed by atoms with Gasteiger partial charge in [-0.05, 0) is 46.1 Å². The van der Waals surface area contributed by atoms with E-state index in [0.717, 1.165) is 6.54 Å². The Hall–Kier alpha value is -1.76. The lowest BCUT2D eigenvalue weighted by atomic mass is 10.1. The number of hydrogen-bond acceptors (Lipinski definition) is 4. The highest BCUT2D eigenvalue weighted by molar-refractivity contribution is 7.09. The molecular formula is C16H28N4O2S. The predicted molar refractivity (Wildman–Crippen MR) is 96.0 cm³/mol. The van der Waals surface area contributed by atoms with Crippen LogP contribution in [0.2, 0.25) is 0 Å². The number of carbonyl (C=O) groups excluding carboxylic acids is 1. The fourth-order valence-corrected chi connectivity index (χ4v) is 2.38. The van der Waals surface area contributed by atoms with E-state index in [4.69, 9.17) is 4.74 Å². The Morgan fingerprint density at radius 3 is 2.48 bits per heavy atom. The first-order valence-electron chi connectivity index (χ1n) is 7.59. The van der Waals surface area contributed by atoms with Crippen molar-refractivity contribution < 1.29 is 9.53 Å². The Kier molecular flexibility index (Phi) is 6.87. The second kappa shape index (κ2) is 8.19. The molecule has 1 amide bonds. The van der Waals surface area contributed by atoms with Gasteiger partial charge in [0.05, 0.1) is 12.1 Å².